The molecule has 0 fully saturated rings. The molecule has 0 radical (unpaired) electrons. The highest BCUT2D eigenvalue weighted by molar-refractivity contribution is 5.73. The molecule has 0 spiro atoms. The van der Waals surface area contributed by atoms with E-state index in [0.717, 1.165) is 0 Å². The smallest absolute Gasteiger partial charge is 0.322 e. The monoisotopic (exact) mass is 148 g/mol. The summed E-state index contributed by atoms with van der Waals surface area (Å²) in [4.78, 5) is 10.3. The third-order valence-corrected chi connectivity index (χ3v) is 1.15. The first kappa shape index (κ1) is 9.35. The van der Waals surface area contributed by atoms with Gasteiger partial charge in [-0.15, -0.1) is 5.59 Å². The zero-order valence-corrected chi connectivity index (χ0v) is 5.96. The summed E-state index contributed by atoms with van der Waals surface area (Å²) in [7, 11) is 0. The second-order valence-electron chi connectivity index (χ2n) is 2.32. The predicted molar refractivity (Wildman–Crippen MR) is 34.3 cm³/mol. The van der Waals surface area contributed by atoms with Crippen LogP contribution in [0.2, 0.25) is 0 Å². The van der Waals surface area contributed by atoms with Crippen molar-refractivity contribution in [3.05, 3.63) is 0 Å². The molecule has 0 saturated carbocycles. The molecule has 0 aliphatic carbocycles. The molecule has 1 atom stereocenters. The number of carboxylic acids is 1. The second-order valence-corrected chi connectivity index (χ2v) is 2.32. The van der Waals surface area contributed by atoms with E-state index >= 15 is 0 Å². The Balaban J connectivity index is 3.85. The van der Waals surface area contributed by atoms with Gasteiger partial charge in [-0.05, 0) is 5.92 Å². The van der Waals surface area contributed by atoms with Crippen LogP contribution in [0.5, 0.6) is 0 Å². The van der Waals surface area contributed by atoms with Gasteiger partial charge in [0.15, 0.2) is 0 Å². The number of nitrogens with one attached hydrogen (secondary N) is 2. The Kier molecular flexibility index (Phi) is 3.94. The van der Waals surface area contributed by atoms with Crippen molar-refractivity contribution in [1.82, 2.24) is 11.0 Å². The van der Waals surface area contributed by atoms with Crippen molar-refractivity contribution < 1.29 is 15.1 Å². The van der Waals surface area contributed by atoms with Gasteiger partial charge in [0.2, 0.25) is 0 Å². The summed E-state index contributed by atoms with van der Waals surface area (Å²) in [6, 6.07) is -0.759. The summed E-state index contributed by atoms with van der Waals surface area (Å²) < 4.78 is 0. The van der Waals surface area contributed by atoms with E-state index in [1.807, 2.05) is 0 Å². The first-order valence-corrected chi connectivity index (χ1v) is 2.97. The van der Waals surface area contributed by atoms with E-state index < -0.39 is 12.0 Å². The quantitative estimate of drug-likeness (QED) is 0.407. The van der Waals surface area contributed by atoms with Gasteiger partial charge in [0.1, 0.15) is 6.04 Å². The fourth-order valence-electron chi connectivity index (χ4n) is 0.583. The highest BCUT2D eigenvalue weighted by Crippen LogP contribution is 1.99. The molecular formula is C5H12N2O3. The van der Waals surface area contributed by atoms with Gasteiger partial charge in [-0.3, -0.25) is 4.79 Å². The zero-order chi connectivity index (χ0) is 8.15. The van der Waals surface area contributed by atoms with E-state index in [9.17, 15) is 4.79 Å². The Hall–Kier alpha value is -0.650. The number of aliphatic carboxylic acids is 1. The van der Waals surface area contributed by atoms with Gasteiger partial charge in [-0.2, -0.15) is 0 Å². The topological polar surface area (TPSA) is 81.6 Å². The lowest BCUT2D eigenvalue weighted by molar-refractivity contribution is -0.142. The predicted octanol–water partition coefficient (Wildman–Crippen LogP) is -0.421. The SMILES string of the molecule is CC(C)[C@H](NNO)C(=O)O. The maximum atomic E-state index is 10.3. The van der Waals surface area contributed by atoms with Crippen molar-refractivity contribution in [1.29, 1.82) is 0 Å². The number of hydrazine groups is 1. The number of carboxylic acid groups (broad SMARTS) is 1. The van der Waals surface area contributed by atoms with Gasteiger partial charge in [-0.1, -0.05) is 13.8 Å². The molecule has 0 saturated heterocycles. The highest BCUT2D eigenvalue weighted by atomic mass is 16.5. The minimum absolute atomic E-state index is 0.0721. The molecule has 0 rings (SSSR count). The molecule has 60 valence electrons. The van der Waals surface area contributed by atoms with E-state index in [1.54, 1.807) is 19.4 Å². The van der Waals surface area contributed by atoms with Crippen molar-refractivity contribution in [2.45, 2.75) is 19.9 Å². The lowest BCUT2D eigenvalue weighted by atomic mass is 10.1. The van der Waals surface area contributed by atoms with E-state index in [1.165, 1.54) is 0 Å². The Morgan fingerprint density at radius 3 is 2.10 bits per heavy atom. The third-order valence-electron chi connectivity index (χ3n) is 1.15. The van der Waals surface area contributed by atoms with Crippen LogP contribution in [0.15, 0.2) is 0 Å². The first-order chi connectivity index (χ1) is 4.59. The van der Waals surface area contributed by atoms with E-state index in [0.29, 0.717) is 0 Å². The zero-order valence-electron chi connectivity index (χ0n) is 5.96. The Bertz CT molecular complexity index is 115. The summed E-state index contributed by atoms with van der Waals surface area (Å²) in [6.07, 6.45) is 0. The molecule has 0 aromatic rings. The van der Waals surface area contributed by atoms with Gasteiger partial charge < -0.3 is 10.3 Å². The fraction of sp³-hybridized carbons (Fsp3) is 0.800. The maximum Gasteiger partial charge on any atom is 0.322 e. The lowest BCUT2D eigenvalue weighted by Gasteiger charge is -2.15. The first-order valence-electron chi connectivity index (χ1n) is 2.97. The van der Waals surface area contributed by atoms with Gasteiger partial charge >= 0.3 is 5.97 Å². The average molecular weight is 148 g/mol. The number of hydrogen-bond donors (Lipinski definition) is 4. The van der Waals surface area contributed by atoms with Crippen molar-refractivity contribution in [2.75, 3.05) is 0 Å². The molecule has 0 bridgehead atoms. The minimum atomic E-state index is -0.989. The van der Waals surface area contributed by atoms with Crippen LogP contribution in [0.4, 0.5) is 0 Å². The van der Waals surface area contributed by atoms with Gasteiger partial charge in [0.05, 0.1) is 0 Å². The van der Waals surface area contributed by atoms with Gasteiger partial charge in [0.25, 0.3) is 0 Å². The molecule has 0 heterocycles. The van der Waals surface area contributed by atoms with Crippen molar-refractivity contribution in [3.63, 3.8) is 0 Å². The Morgan fingerprint density at radius 2 is 2.00 bits per heavy atom. The molecule has 0 unspecified atom stereocenters. The molecular weight excluding hydrogens is 136 g/mol. The van der Waals surface area contributed by atoms with E-state index in [2.05, 4.69) is 5.43 Å². The number of carbonyl (C=O) groups is 1. The summed E-state index contributed by atoms with van der Waals surface area (Å²) >= 11 is 0. The largest absolute Gasteiger partial charge is 0.480 e. The lowest BCUT2D eigenvalue weighted by Crippen LogP contribution is -2.47. The van der Waals surface area contributed by atoms with Crippen molar-refractivity contribution in [3.8, 4) is 0 Å². The van der Waals surface area contributed by atoms with E-state index in [4.69, 9.17) is 10.3 Å². The number of hydrogen-bond acceptors (Lipinski definition) is 4. The summed E-state index contributed by atoms with van der Waals surface area (Å²) in [6.45, 7) is 3.48. The second kappa shape index (κ2) is 4.21. The molecule has 0 aromatic carbocycles. The molecule has 0 aromatic heterocycles. The Labute approximate surface area is 59.0 Å². The van der Waals surface area contributed by atoms with Crippen molar-refractivity contribution >= 4 is 5.97 Å². The standard InChI is InChI=1S/C5H12N2O3/c1-3(2)4(5(8)9)6-7-10/h3-4,6-7,10H,1-2H3,(H,8,9)/t4-/m0/s1. The summed E-state index contributed by atoms with van der Waals surface area (Å²) in [5.74, 6) is -1.06. The van der Waals surface area contributed by atoms with Crippen LogP contribution in [0, 0.1) is 5.92 Å². The van der Waals surface area contributed by atoms with Crippen LogP contribution in [-0.2, 0) is 4.79 Å². The van der Waals surface area contributed by atoms with Crippen LogP contribution in [0.1, 0.15) is 13.8 Å². The molecule has 4 N–H and O–H groups in total. The minimum Gasteiger partial charge on any atom is -0.480 e. The number of rotatable bonds is 4. The van der Waals surface area contributed by atoms with Crippen LogP contribution >= 0.6 is 0 Å². The molecule has 10 heavy (non-hydrogen) atoms. The summed E-state index contributed by atoms with van der Waals surface area (Å²) in [5, 5.41) is 16.6. The molecule has 5 nitrogen and oxygen atoms in total. The van der Waals surface area contributed by atoms with Gasteiger partial charge in [-0.25, -0.2) is 5.43 Å². The summed E-state index contributed by atoms with van der Waals surface area (Å²) in [5.41, 5.74) is 3.79. The Morgan fingerprint density at radius 1 is 1.50 bits per heavy atom. The van der Waals surface area contributed by atoms with Crippen LogP contribution in [0.3, 0.4) is 0 Å². The maximum absolute atomic E-state index is 10.3. The van der Waals surface area contributed by atoms with E-state index in [-0.39, 0.29) is 5.92 Å². The fourth-order valence-corrected chi connectivity index (χ4v) is 0.583. The molecule has 0 aliphatic heterocycles. The molecule has 0 aliphatic rings. The molecule has 0 amide bonds. The van der Waals surface area contributed by atoms with Crippen LogP contribution in [0.25, 0.3) is 0 Å². The van der Waals surface area contributed by atoms with Crippen LogP contribution < -0.4 is 11.0 Å². The normalized spacial score (nSPS) is 13.6. The third kappa shape index (κ3) is 2.77. The van der Waals surface area contributed by atoms with Crippen LogP contribution in [-0.4, -0.2) is 22.3 Å². The highest BCUT2D eigenvalue weighted by Gasteiger charge is 2.19. The molecule has 5 heteroatoms. The van der Waals surface area contributed by atoms with Crippen molar-refractivity contribution in [2.24, 2.45) is 5.92 Å². The average Bonchev–Trinajstić information content (AvgIpc) is 1.81. The van der Waals surface area contributed by atoms with Gasteiger partial charge in [0, 0.05) is 0 Å².